The minimum Gasteiger partial charge on any atom is -0.477 e. The van der Waals surface area contributed by atoms with Gasteiger partial charge in [-0.3, -0.25) is 4.98 Å². The van der Waals surface area contributed by atoms with E-state index in [-0.39, 0.29) is 0 Å². The van der Waals surface area contributed by atoms with Crippen LogP contribution in [-0.2, 0) is 12.8 Å². The first kappa shape index (κ1) is 15.5. The number of rotatable bonds is 4. The Morgan fingerprint density at radius 3 is 2.71 bits per heavy atom. The van der Waals surface area contributed by atoms with Crippen molar-refractivity contribution < 1.29 is 4.74 Å². The Morgan fingerprint density at radius 2 is 1.92 bits per heavy atom. The van der Waals surface area contributed by atoms with Crippen LogP contribution in [0.3, 0.4) is 0 Å². The molecule has 1 aliphatic rings. The summed E-state index contributed by atoms with van der Waals surface area (Å²) in [6.45, 7) is 4.99. The summed E-state index contributed by atoms with van der Waals surface area (Å²) in [5.41, 5.74) is 2.40. The molecule has 24 heavy (non-hydrogen) atoms. The van der Waals surface area contributed by atoms with E-state index in [0.29, 0.717) is 12.5 Å². The zero-order chi connectivity index (χ0) is 16.5. The van der Waals surface area contributed by atoms with Gasteiger partial charge >= 0.3 is 0 Å². The summed E-state index contributed by atoms with van der Waals surface area (Å²) >= 11 is 1.81. The van der Waals surface area contributed by atoms with Gasteiger partial charge in [0, 0.05) is 22.8 Å². The SMILES string of the molecule is CC(C)COc1nc(-c2ccncc2)nc2sc3c(c12)CCCC3. The lowest BCUT2D eigenvalue weighted by Crippen LogP contribution is -2.08. The number of fused-ring (bicyclic) bond motifs is 3. The van der Waals surface area contributed by atoms with E-state index in [4.69, 9.17) is 14.7 Å². The maximum absolute atomic E-state index is 6.11. The molecule has 0 unspecified atom stereocenters. The zero-order valence-corrected chi connectivity index (χ0v) is 14.9. The third kappa shape index (κ3) is 2.88. The topological polar surface area (TPSA) is 47.9 Å². The van der Waals surface area contributed by atoms with Gasteiger partial charge in [0.1, 0.15) is 4.83 Å². The van der Waals surface area contributed by atoms with Crippen molar-refractivity contribution in [2.75, 3.05) is 6.61 Å². The highest BCUT2D eigenvalue weighted by Crippen LogP contribution is 2.40. The highest BCUT2D eigenvalue weighted by atomic mass is 32.1. The number of hydrogen-bond donors (Lipinski definition) is 0. The van der Waals surface area contributed by atoms with E-state index >= 15 is 0 Å². The van der Waals surface area contributed by atoms with E-state index < -0.39 is 0 Å². The van der Waals surface area contributed by atoms with E-state index in [1.807, 2.05) is 23.5 Å². The van der Waals surface area contributed by atoms with E-state index in [1.165, 1.54) is 23.3 Å². The summed E-state index contributed by atoms with van der Waals surface area (Å²) in [6, 6.07) is 3.89. The van der Waals surface area contributed by atoms with E-state index in [0.717, 1.165) is 40.3 Å². The van der Waals surface area contributed by atoms with Gasteiger partial charge in [0.2, 0.25) is 5.88 Å². The van der Waals surface area contributed by atoms with Gasteiger partial charge in [-0.05, 0) is 49.3 Å². The molecule has 4 nitrogen and oxygen atoms in total. The van der Waals surface area contributed by atoms with Crippen LogP contribution in [0.15, 0.2) is 24.5 Å². The number of thiophene rings is 1. The predicted molar refractivity (Wildman–Crippen MR) is 97.6 cm³/mol. The second-order valence-corrected chi connectivity index (χ2v) is 7.77. The molecule has 5 heteroatoms. The number of hydrogen-bond acceptors (Lipinski definition) is 5. The molecule has 0 fully saturated rings. The first-order valence-electron chi connectivity index (χ1n) is 8.58. The Morgan fingerprint density at radius 1 is 1.12 bits per heavy atom. The molecule has 3 aromatic rings. The molecule has 4 rings (SSSR count). The molecule has 0 saturated heterocycles. The van der Waals surface area contributed by atoms with Crippen LogP contribution < -0.4 is 4.74 Å². The zero-order valence-electron chi connectivity index (χ0n) is 14.1. The smallest absolute Gasteiger partial charge is 0.226 e. The average molecular weight is 339 g/mol. The van der Waals surface area contributed by atoms with E-state index in [2.05, 4.69) is 18.8 Å². The number of pyridine rings is 1. The number of ether oxygens (including phenoxy) is 1. The highest BCUT2D eigenvalue weighted by molar-refractivity contribution is 7.18. The molecule has 3 aromatic heterocycles. The van der Waals surface area contributed by atoms with Crippen LogP contribution in [0.5, 0.6) is 5.88 Å². The molecule has 0 N–H and O–H groups in total. The molecule has 0 aromatic carbocycles. The van der Waals surface area contributed by atoms with Crippen molar-refractivity contribution in [2.45, 2.75) is 39.5 Å². The number of aryl methyl sites for hydroxylation is 2. The standard InChI is InChI=1S/C19H21N3OS/c1-12(2)11-23-18-16-14-5-3-4-6-15(14)24-19(16)22-17(21-18)13-7-9-20-10-8-13/h7-10,12H,3-6,11H2,1-2H3. The maximum atomic E-state index is 6.11. The lowest BCUT2D eigenvalue weighted by molar-refractivity contribution is 0.264. The molecule has 0 bridgehead atoms. The van der Waals surface area contributed by atoms with Crippen LogP contribution >= 0.6 is 11.3 Å². The van der Waals surface area contributed by atoms with E-state index in [9.17, 15) is 0 Å². The fourth-order valence-electron chi connectivity index (χ4n) is 3.10. The van der Waals surface area contributed by atoms with Crippen molar-refractivity contribution in [3.8, 4) is 17.3 Å². The fourth-order valence-corrected chi connectivity index (χ4v) is 4.36. The van der Waals surface area contributed by atoms with Gasteiger partial charge in [0.25, 0.3) is 0 Å². The third-order valence-corrected chi connectivity index (χ3v) is 5.46. The summed E-state index contributed by atoms with van der Waals surface area (Å²) in [6.07, 6.45) is 8.34. The van der Waals surface area contributed by atoms with E-state index in [1.54, 1.807) is 12.4 Å². The van der Waals surface area contributed by atoms with Crippen LogP contribution in [0.2, 0.25) is 0 Å². The summed E-state index contributed by atoms with van der Waals surface area (Å²) in [5.74, 6) is 1.94. The summed E-state index contributed by atoms with van der Waals surface area (Å²) in [4.78, 5) is 16.2. The first-order valence-corrected chi connectivity index (χ1v) is 9.39. The molecule has 0 saturated carbocycles. The number of nitrogens with zero attached hydrogens (tertiary/aromatic N) is 3. The van der Waals surface area contributed by atoms with Crippen molar-refractivity contribution in [3.63, 3.8) is 0 Å². The minimum atomic E-state index is 0.467. The normalized spacial score (nSPS) is 14.1. The predicted octanol–water partition coefficient (Wildman–Crippen LogP) is 4.67. The maximum Gasteiger partial charge on any atom is 0.226 e. The van der Waals surface area contributed by atoms with Gasteiger partial charge < -0.3 is 4.74 Å². The number of aromatic nitrogens is 3. The Labute approximate surface area is 145 Å². The quantitative estimate of drug-likeness (QED) is 0.693. The van der Waals surface area contributed by atoms with Gasteiger partial charge in [-0.15, -0.1) is 11.3 Å². The molecule has 0 atom stereocenters. The van der Waals surface area contributed by atoms with Crippen LogP contribution in [0.25, 0.3) is 21.6 Å². The van der Waals surface area contributed by atoms with Crippen LogP contribution in [0.4, 0.5) is 0 Å². The summed E-state index contributed by atoms with van der Waals surface area (Å²) in [5, 5.41) is 1.15. The molecule has 124 valence electrons. The van der Waals surface area contributed by atoms with Crippen molar-refractivity contribution in [1.29, 1.82) is 0 Å². The van der Waals surface area contributed by atoms with Gasteiger partial charge in [0.15, 0.2) is 5.82 Å². The van der Waals surface area contributed by atoms with Gasteiger partial charge in [-0.2, -0.15) is 4.98 Å². The van der Waals surface area contributed by atoms with Crippen molar-refractivity contribution in [1.82, 2.24) is 15.0 Å². The Balaban J connectivity index is 1.88. The van der Waals surface area contributed by atoms with Crippen molar-refractivity contribution >= 4 is 21.6 Å². The van der Waals surface area contributed by atoms with Crippen molar-refractivity contribution in [2.24, 2.45) is 5.92 Å². The van der Waals surface area contributed by atoms with Crippen molar-refractivity contribution in [3.05, 3.63) is 35.0 Å². The Hall–Kier alpha value is -2.01. The Kier molecular flexibility index (Phi) is 4.19. The molecule has 0 amide bonds. The average Bonchev–Trinajstić information content (AvgIpc) is 2.99. The minimum absolute atomic E-state index is 0.467. The van der Waals surface area contributed by atoms with Crippen LogP contribution in [0, 0.1) is 5.92 Å². The summed E-state index contributed by atoms with van der Waals surface area (Å²) < 4.78 is 6.11. The molecule has 1 aliphatic carbocycles. The molecular formula is C19H21N3OS. The molecule has 3 heterocycles. The third-order valence-electron chi connectivity index (χ3n) is 4.27. The van der Waals surface area contributed by atoms with Gasteiger partial charge in [0.05, 0.1) is 12.0 Å². The molecule has 0 radical (unpaired) electrons. The first-order chi connectivity index (χ1) is 11.7. The fraction of sp³-hybridized carbons (Fsp3) is 0.421. The van der Waals surface area contributed by atoms with Crippen LogP contribution in [-0.4, -0.2) is 21.6 Å². The molecule has 0 spiro atoms. The molecular weight excluding hydrogens is 318 g/mol. The second kappa shape index (κ2) is 6.48. The monoisotopic (exact) mass is 339 g/mol. The highest BCUT2D eigenvalue weighted by Gasteiger charge is 2.22. The lowest BCUT2D eigenvalue weighted by Gasteiger charge is -2.13. The van der Waals surface area contributed by atoms with Gasteiger partial charge in [-0.25, -0.2) is 4.98 Å². The summed E-state index contributed by atoms with van der Waals surface area (Å²) in [7, 11) is 0. The van der Waals surface area contributed by atoms with Gasteiger partial charge in [-0.1, -0.05) is 13.8 Å². The molecule has 0 aliphatic heterocycles. The van der Waals surface area contributed by atoms with Crippen LogP contribution in [0.1, 0.15) is 37.1 Å². The largest absolute Gasteiger partial charge is 0.477 e. The second-order valence-electron chi connectivity index (χ2n) is 6.68. The lowest BCUT2D eigenvalue weighted by atomic mass is 9.97. The Bertz CT molecular complexity index is 858.